The normalized spacial score (nSPS) is 11.6. The van der Waals surface area contributed by atoms with Crippen LogP contribution < -0.4 is 5.56 Å². The first-order chi connectivity index (χ1) is 8.77. The molecule has 0 amide bonds. The molecule has 2 aromatic heterocycles. The largest absolute Gasteiger partial charge is 0.305 e. The van der Waals surface area contributed by atoms with Crippen molar-refractivity contribution in [2.75, 3.05) is 0 Å². The number of hydrogen-bond donors (Lipinski definition) is 1. The molecule has 0 fully saturated rings. The molecule has 0 saturated heterocycles. The summed E-state index contributed by atoms with van der Waals surface area (Å²) in [7, 11) is 0. The van der Waals surface area contributed by atoms with Gasteiger partial charge in [0, 0.05) is 17.7 Å². The first kappa shape index (κ1) is 14.0. The number of nitrogens with one attached hydrogen (secondary N) is 1. The maximum absolute atomic E-state index is 11.7. The Morgan fingerprint density at radius 2 is 1.89 bits per heavy atom. The highest BCUT2D eigenvalue weighted by molar-refractivity contribution is 6.35. The summed E-state index contributed by atoms with van der Waals surface area (Å²) in [5, 5.41) is 0.782. The Balaban J connectivity index is 2.63. The fraction of sp³-hybridized carbons (Fsp3) is 0.308. The molecule has 2 heterocycles. The highest BCUT2D eigenvalue weighted by Gasteiger charge is 2.18. The molecule has 2 rings (SSSR count). The first-order valence-electron chi connectivity index (χ1n) is 5.70. The Morgan fingerprint density at radius 1 is 1.21 bits per heavy atom. The zero-order chi connectivity index (χ0) is 14.2. The minimum absolute atomic E-state index is 0.234. The average molecular weight is 298 g/mol. The van der Waals surface area contributed by atoms with E-state index >= 15 is 0 Å². The highest BCUT2D eigenvalue weighted by Crippen LogP contribution is 2.26. The minimum atomic E-state index is -0.234. The average Bonchev–Trinajstić information content (AvgIpc) is 2.26. The Labute approximate surface area is 120 Å². The van der Waals surface area contributed by atoms with Gasteiger partial charge in [-0.2, -0.15) is 0 Å². The number of rotatable bonds is 1. The molecule has 4 nitrogen and oxygen atoms in total. The van der Waals surface area contributed by atoms with Gasteiger partial charge < -0.3 is 4.98 Å². The molecule has 0 radical (unpaired) electrons. The van der Waals surface area contributed by atoms with Gasteiger partial charge in [-0.05, 0) is 6.07 Å². The van der Waals surface area contributed by atoms with Crippen molar-refractivity contribution in [2.45, 2.75) is 26.2 Å². The van der Waals surface area contributed by atoms with E-state index in [2.05, 4.69) is 15.0 Å². The number of hydrogen-bond acceptors (Lipinski definition) is 3. The zero-order valence-corrected chi connectivity index (χ0v) is 12.3. The molecule has 6 heteroatoms. The van der Waals surface area contributed by atoms with E-state index in [9.17, 15) is 4.79 Å². The molecule has 1 N–H and O–H groups in total. The number of nitrogens with zero attached hydrogens (tertiary/aromatic N) is 2. The molecule has 2 aromatic rings. The Bertz CT molecular complexity index is 674. The summed E-state index contributed by atoms with van der Waals surface area (Å²) in [5.41, 5.74) is 0.623. The van der Waals surface area contributed by atoms with E-state index < -0.39 is 0 Å². The van der Waals surface area contributed by atoms with Crippen molar-refractivity contribution in [2.24, 2.45) is 0 Å². The molecule has 0 aliphatic carbocycles. The van der Waals surface area contributed by atoms with Crippen LogP contribution in [-0.2, 0) is 5.41 Å². The third kappa shape index (κ3) is 3.14. The Morgan fingerprint density at radius 3 is 2.47 bits per heavy atom. The van der Waals surface area contributed by atoms with Gasteiger partial charge in [-0.1, -0.05) is 44.0 Å². The maximum Gasteiger partial charge on any atom is 0.251 e. The van der Waals surface area contributed by atoms with E-state index in [1.54, 1.807) is 6.07 Å². The molecule has 19 heavy (non-hydrogen) atoms. The molecule has 100 valence electrons. The lowest BCUT2D eigenvalue weighted by Gasteiger charge is -2.17. The van der Waals surface area contributed by atoms with E-state index in [4.69, 9.17) is 23.2 Å². The number of aromatic amines is 1. The predicted molar refractivity (Wildman–Crippen MR) is 76.8 cm³/mol. The van der Waals surface area contributed by atoms with Gasteiger partial charge in [0.1, 0.15) is 5.69 Å². The monoisotopic (exact) mass is 297 g/mol. The Hall–Kier alpha value is -1.39. The first-order valence-corrected chi connectivity index (χ1v) is 6.46. The quantitative estimate of drug-likeness (QED) is 0.877. The zero-order valence-electron chi connectivity index (χ0n) is 10.8. The summed E-state index contributed by atoms with van der Waals surface area (Å²) in [6.07, 6.45) is 1.46. The third-order valence-corrected chi connectivity index (χ3v) is 3.04. The van der Waals surface area contributed by atoms with Crippen molar-refractivity contribution < 1.29 is 0 Å². The molecule has 0 unspecified atom stereocenters. The van der Waals surface area contributed by atoms with Crippen molar-refractivity contribution in [3.8, 4) is 11.5 Å². The highest BCUT2D eigenvalue weighted by atomic mass is 35.5. The van der Waals surface area contributed by atoms with Gasteiger partial charge in [-0.25, -0.2) is 9.97 Å². The molecule has 0 aliphatic heterocycles. The van der Waals surface area contributed by atoms with Crippen LogP contribution in [0.25, 0.3) is 11.5 Å². The van der Waals surface area contributed by atoms with Gasteiger partial charge in [0.2, 0.25) is 0 Å². The minimum Gasteiger partial charge on any atom is -0.305 e. The van der Waals surface area contributed by atoms with Gasteiger partial charge in [0.15, 0.2) is 5.82 Å². The van der Waals surface area contributed by atoms with Crippen LogP contribution in [-0.4, -0.2) is 15.0 Å². The molecule has 0 bridgehead atoms. The Kier molecular flexibility index (Phi) is 3.65. The molecule has 0 spiro atoms. The standard InChI is InChI=1S/C13H13Cl2N3O/c1-13(2,3)9-5-10(19)18-12(17-9)11-8(15)4-7(14)6-16-11/h4-6H,1-3H3,(H,17,18,19). The van der Waals surface area contributed by atoms with E-state index in [0.29, 0.717) is 27.3 Å². The second-order valence-electron chi connectivity index (χ2n) is 5.21. The van der Waals surface area contributed by atoms with Crippen LogP contribution in [0.5, 0.6) is 0 Å². The summed E-state index contributed by atoms with van der Waals surface area (Å²) >= 11 is 11.9. The second kappa shape index (κ2) is 4.94. The van der Waals surface area contributed by atoms with Gasteiger partial charge in [0.05, 0.1) is 15.7 Å². The summed E-state index contributed by atoms with van der Waals surface area (Å²) in [6.45, 7) is 5.94. The maximum atomic E-state index is 11.7. The number of pyridine rings is 1. The molecule has 0 saturated carbocycles. The summed E-state index contributed by atoms with van der Waals surface area (Å²) in [6, 6.07) is 3.04. The molecular weight excluding hydrogens is 285 g/mol. The van der Waals surface area contributed by atoms with Crippen LogP contribution in [0.3, 0.4) is 0 Å². The van der Waals surface area contributed by atoms with Crippen LogP contribution in [0.1, 0.15) is 26.5 Å². The molecular formula is C13H13Cl2N3O. The lowest BCUT2D eigenvalue weighted by molar-refractivity contribution is 0.566. The fourth-order valence-electron chi connectivity index (χ4n) is 1.54. The second-order valence-corrected chi connectivity index (χ2v) is 6.06. The van der Waals surface area contributed by atoms with Gasteiger partial charge in [-0.15, -0.1) is 0 Å². The lowest BCUT2D eigenvalue weighted by atomic mass is 9.92. The van der Waals surface area contributed by atoms with Crippen LogP contribution in [0.4, 0.5) is 0 Å². The van der Waals surface area contributed by atoms with E-state index in [1.165, 1.54) is 12.3 Å². The van der Waals surface area contributed by atoms with Crippen molar-refractivity contribution >= 4 is 23.2 Å². The van der Waals surface area contributed by atoms with Crippen LogP contribution in [0.2, 0.25) is 10.0 Å². The SMILES string of the molecule is CC(C)(C)c1cc(=O)[nH]c(-c2ncc(Cl)cc2Cl)n1. The number of aromatic nitrogens is 3. The molecule has 0 aromatic carbocycles. The van der Waals surface area contributed by atoms with Gasteiger partial charge >= 0.3 is 0 Å². The van der Waals surface area contributed by atoms with Crippen molar-refractivity contribution in [1.82, 2.24) is 15.0 Å². The predicted octanol–water partition coefficient (Wildman–Crippen LogP) is 3.44. The van der Waals surface area contributed by atoms with Crippen LogP contribution in [0, 0.1) is 0 Å². The van der Waals surface area contributed by atoms with Gasteiger partial charge in [0.25, 0.3) is 5.56 Å². The van der Waals surface area contributed by atoms with E-state index in [0.717, 1.165) is 0 Å². The number of halogens is 2. The summed E-state index contributed by atoms with van der Waals surface area (Å²) in [5.74, 6) is 0.346. The third-order valence-electron chi connectivity index (χ3n) is 2.54. The van der Waals surface area contributed by atoms with Crippen molar-refractivity contribution in [3.63, 3.8) is 0 Å². The summed E-state index contributed by atoms with van der Waals surface area (Å²) < 4.78 is 0. The van der Waals surface area contributed by atoms with Crippen molar-refractivity contribution in [1.29, 1.82) is 0 Å². The number of H-pyrrole nitrogens is 1. The fourth-order valence-corrected chi connectivity index (χ4v) is 2.01. The topological polar surface area (TPSA) is 58.6 Å². The van der Waals surface area contributed by atoms with Crippen LogP contribution >= 0.6 is 23.2 Å². The molecule has 0 atom stereocenters. The molecule has 0 aliphatic rings. The van der Waals surface area contributed by atoms with Crippen LogP contribution in [0.15, 0.2) is 23.1 Å². The smallest absolute Gasteiger partial charge is 0.251 e. The van der Waals surface area contributed by atoms with Gasteiger partial charge in [-0.3, -0.25) is 4.79 Å². The lowest BCUT2D eigenvalue weighted by Crippen LogP contribution is -2.20. The summed E-state index contributed by atoms with van der Waals surface area (Å²) in [4.78, 5) is 22.9. The van der Waals surface area contributed by atoms with E-state index in [-0.39, 0.29) is 11.0 Å². The van der Waals surface area contributed by atoms with Crippen molar-refractivity contribution in [3.05, 3.63) is 44.4 Å². The van der Waals surface area contributed by atoms with E-state index in [1.807, 2.05) is 20.8 Å².